The molecule has 1 saturated carbocycles. The van der Waals surface area contributed by atoms with Gasteiger partial charge in [0.25, 0.3) is 0 Å². The van der Waals surface area contributed by atoms with Gasteiger partial charge in [-0.15, -0.1) is 0 Å². The number of methoxy groups -OCH3 is 3. The van der Waals surface area contributed by atoms with Gasteiger partial charge in [0.05, 0.1) is 27.4 Å². The molecule has 6 heteroatoms. The van der Waals surface area contributed by atoms with E-state index < -0.39 is 0 Å². The highest BCUT2D eigenvalue weighted by molar-refractivity contribution is 6.30. The monoisotopic (exact) mass is 415 g/mol. The summed E-state index contributed by atoms with van der Waals surface area (Å²) < 4.78 is 16.1. The Morgan fingerprint density at radius 3 is 2.17 bits per heavy atom. The second-order valence-electron chi connectivity index (χ2n) is 7.02. The third-order valence-electron chi connectivity index (χ3n) is 5.26. The van der Waals surface area contributed by atoms with Gasteiger partial charge in [0, 0.05) is 11.1 Å². The van der Waals surface area contributed by atoms with Gasteiger partial charge in [-0.05, 0) is 60.2 Å². The van der Waals surface area contributed by atoms with E-state index in [1.165, 1.54) is 12.5 Å². The van der Waals surface area contributed by atoms with Crippen LogP contribution in [0.3, 0.4) is 0 Å². The van der Waals surface area contributed by atoms with Crippen molar-refractivity contribution in [2.45, 2.75) is 25.3 Å². The second kappa shape index (κ2) is 9.70. The van der Waals surface area contributed by atoms with Crippen molar-refractivity contribution in [3.8, 4) is 17.2 Å². The molecule has 0 aliphatic heterocycles. The van der Waals surface area contributed by atoms with E-state index in [2.05, 4.69) is 5.32 Å². The fourth-order valence-electron chi connectivity index (χ4n) is 3.49. The Balaban J connectivity index is 1.76. The number of carbonyl (C=O) groups excluding carboxylic acids is 1. The summed E-state index contributed by atoms with van der Waals surface area (Å²) in [4.78, 5) is 12.6. The molecule has 0 radical (unpaired) electrons. The molecule has 0 aromatic heterocycles. The van der Waals surface area contributed by atoms with Crippen LogP contribution in [0.5, 0.6) is 17.2 Å². The summed E-state index contributed by atoms with van der Waals surface area (Å²) in [6.45, 7) is 0. The summed E-state index contributed by atoms with van der Waals surface area (Å²) in [7, 11) is 4.68. The van der Waals surface area contributed by atoms with Crippen LogP contribution in [0.2, 0.25) is 5.02 Å². The van der Waals surface area contributed by atoms with E-state index in [9.17, 15) is 4.79 Å². The quantitative estimate of drug-likeness (QED) is 0.614. The molecule has 154 valence electrons. The Bertz CT molecular complexity index is 850. The van der Waals surface area contributed by atoms with Crippen LogP contribution in [0, 0.1) is 5.92 Å². The molecule has 1 fully saturated rings. The topological polar surface area (TPSA) is 56.8 Å². The molecule has 0 bridgehead atoms. The van der Waals surface area contributed by atoms with Gasteiger partial charge >= 0.3 is 0 Å². The van der Waals surface area contributed by atoms with E-state index in [-0.39, 0.29) is 11.9 Å². The average Bonchev–Trinajstić information content (AvgIpc) is 2.70. The maximum atomic E-state index is 12.6. The maximum absolute atomic E-state index is 12.6. The van der Waals surface area contributed by atoms with Crippen LogP contribution in [0.4, 0.5) is 0 Å². The van der Waals surface area contributed by atoms with Crippen molar-refractivity contribution in [3.05, 3.63) is 58.6 Å². The van der Waals surface area contributed by atoms with E-state index in [1.807, 2.05) is 24.3 Å². The van der Waals surface area contributed by atoms with Crippen molar-refractivity contribution < 1.29 is 19.0 Å². The Morgan fingerprint density at radius 1 is 1.07 bits per heavy atom. The van der Waals surface area contributed by atoms with Crippen LogP contribution in [0.15, 0.2) is 42.5 Å². The molecule has 1 aliphatic rings. The first-order valence-corrected chi connectivity index (χ1v) is 9.97. The number of carbonyl (C=O) groups is 1. The molecule has 2 aromatic carbocycles. The van der Waals surface area contributed by atoms with Crippen molar-refractivity contribution in [1.29, 1.82) is 0 Å². The van der Waals surface area contributed by atoms with E-state index in [1.54, 1.807) is 39.5 Å². The largest absolute Gasteiger partial charge is 0.493 e. The maximum Gasteiger partial charge on any atom is 0.244 e. The SMILES string of the molecule is COc1cc(/C=C/C(=O)NC(c2ccc(Cl)cc2)C2CCC2)cc(OC)c1OC. The van der Waals surface area contributed by atoms with Gasteiger partial charge in [0.2, 0.25) is 11.7 Å². The molecule has 0 heterocycles. The van der Waals surface area contributed by atoms with Crippen LogP contribution in [0.25, 0.3) is 6.08 Å². The molecule has 1 amide bonds. The molecule has 1 N–H and O–H groups in total. The molecular weight excluding hydrogens is 390 g/mol. The number of halogens is 1. The minimum atomic E-state index is -0.148. The normalized spacial score (nSPS) is 14.9. The standard InChI is InChI=1S/C23H26ClNO4/c1-27-19-13-15(14-20(28-2)23(19)29-3)7-12-21(26)25-22(16-5-4-6-16)17-8-10-18(24)11-9-17/h7-14,16,22H,4-6H2,1-3H3,(H,25,26)/b12-7+. The van der Waals surface area contributed by atoms with Crippen LogP contribution < -0.4 is 19.5 Å². The molecule has 1 atom stereocenters. The lowest BCUT2D eigenvalue weighted by Crippen LogP contribution is -2.35. The zero-order valence-corrected chi connectivity index (χ0v) is 17.7. The van der Waals surface area contributed by atoms with Crippen LogP contribution >= 0.6 is 11.6 Å². The Morgan fingerprint density at radius 2 is 1.69 bits per heavy atom. The molecule has 3 rings (SSSR count). The van der Waals surface area contributed by atoms with Gasteiger partial charge in [0.1, 0.15) is 0 Å². The minimum absolute atomic E-state index is 0.0156. The first-order chi connectivity index (χ1) is 14.0. The number of rotatable bonds is 8. The molecule has 1 aliphatic carbocycles. The number of amides is 1. The van der Waals surface area contributed by atoms with Gasteiger partial charge in [-0.2, -0.15) is 0 Å². The zero-order chi connectivity index (χ0) is 20.8. The van der Waals surface area contributed by atoms with Crippen molar-refractivity contribution in [2.24, 2.45) is 5.92 Å². The predicted octanol–water partition coefficient (Wildman–Crippen LogP) is 5.04. The third kappa shape index (κ3) is 5.04. The molecule has 2 aromatic rings. The van der Waals surface area contributed by atoms with Gasteiger partial charge in [-0.25, -0.2) is 0 Å². The van der Waals surface area contributed by atoms with Crippen molar-refractivity contribution in [2.75, 3.05) is 21.3 Å². The van der Waals surface area contributed by atoms with E-state index in [0.717, 1.165) is 24.0 Å². The number of benzene rings is 2. The summed E-state index contributed by atoms with van der Waals surface area (Å²) in [5.41, 5.74) is 1.86. The lowest BCUT2D eigenvalue weighted by molar-refractivity contribution is -0.117. The smallest absolute Gasteiger partial charge is 0.244 e. The summed E-state index contributed by atoms with van der Waals surface area (Å²) in [6, 6.07) is 11.3. The Kier molecular flexibility index (Phi) is 7.04. The summed E-state index contributed by atoms with van der Waals surface area (Å²) >= 11 is 6.01. The van der Waals surface area contributed by atoms with Crippen molar-refractivity contribution >= 4 is 23.6 Å². The van der Waals surface area contributed by atoms with E-state index in [0.29, 0.717) is 28.2 Å². The van der Waals surface area contributed by atoms with E-state index >= 15 is 0 Å². The summed E-state index contributed by atoms with van der Waals surface area (Å²) in [5.74, 6) is 1.91. The number of hydrogen-bond donors (Lipinski definition) is 1. The minimum Gasteiger partial charge on any atom is -0.493 e. The lowest BCUT2D eigenvalue weighted by atomic mass is 9.77. The second-order valence-corrected chi connectivity index (χ2v) is 7.46. The van der Waals surface area contributed by atoms with E-state index in [4.69, 9.17) is 25.8 Å². The number of hydrogen-bond acceptors (Lipinski definition) is 4. The fraction of sp³-hybridized carbons (Fsp3) is 0.348. The highest BCUT2D eigenvalue weighted by Crippen LogP contribution is 2.39. The zero-order valence-electron chi connectivity index (χ0n) is 16.9. The molecule has 1 unspecified atom stereocenters. The number of ether oxygens (including phenoxy) is 3. The summed E-state index contributed by atoms with van der Waals surface area (Å²) in [6.07, 6.45) is 6.70. The highest BCUT2D eigenvalue weighted by Gasteiger charge is 2.29. The van der Waals surface area contributed by atoms with Gasteiger partial charge in [0.15, 0.2) is 11.5 Å². The fourth-order valence-corrected chi connectivity index (χ4v) is 3.61. The van der Waals surface area contributed by atoms with Crippen LogP contribution in [-0.2, 0) is 4.79 Å². The average molecular weight is 416 g/mol. The van der Waals surface area contributed by atoms with Crippen molar-refractivity contribution in [1.82, 2.24) is 5.32 Å². The van der Waals surface area contributed by atoms with Gasteiger partial charge in [-0.3, -0.25) is 4.79 Å². The lowest BCUT2D eigenvalue weighted by Gasteiger charge is -2.34. The van der Waals surface area contributed by atoms with Gasteiger partial charge < -0.3 is 19.5 Å². The highest BCUT2D eigenvalue weighted by atomic mass is 35.5. The first-order valence-electron chi connectivity index (χ1n) is 9.59. The molecule has 29 heavy (non-hydrogen) atoms. The molecule has 0 spiro atoms. The van der Waals surface area contributed by atoms with Crippen molar-refractivity contribution in [3.63, 3.8) is 0 Å². The van der Waals surface area contributed by atoms with Gasteiger partial charge in [-0.1, -0.05) is 30.2 Å². The number of nitrogens with one attached hydrogen (secondary N) is 1. The Labute approximate surface area is 176 Å². The first kappa shape index (κ1) is 21.1. The predicted molar refractivity (Wildman–Crippen MR) is 115 cm³/mol. The summed E-state index contributed by atoms with van der Waals surface area (Å²) in [5, 5.41) is 3.84. The Hall–Kier alpha value is -2.66. The molecular formula is C23H26ClNO4. The molecule has 5 nitrogen and oxygen atoms in total. The third-order valence-corrected chi connectivity index (χ3v) is 5.51. The van der Waals surface area contributed by atoms with Crippen LogP contribution in [-0.4, -0.2) is 27.2 Å². The molecule has 0 saturated heterocycles. The van der Waals surface area contributed by atoms with Crippen LogP contribution in [0.1, 0.15) is 36.4 Å².